The monoisotopic (exact) mass is 456 g/mol. The van der Waals surface area contributed by atoms with E-state index in [2.05, 4.69) is 10.2 Å². The molecule has 0 aromatic heterocycles. The summed E-state index contributed by atoms with van der Waals surface area (Å²) in [6.45, 7) is 4.35. The van der Waals surface area contributed by atoms with Crippen LogP contribution in [0.15, 0.2) is 36.4 Å². The van der Waals surface area contributed by atoms with Gasteiger partial charge in [0.1, 0.15) is 5.75 Å². The third-order valence-corrected chi connectivity index (χ3v) is 5.66. The molecule has 2 aromatic carbocycles. The van der Waals surface area contributed by atoms with Crippen LogP contribution in [-0.2, 0) is 4.74 Å². The normalized spacial score (nSPS) is 13.9. The SMILES string of the molecule is COc1ccc(C(=O)Nc2cc(OC)c(OC)cc2C(=O)CCCCN2CCOCC2)cc1. The molecule has 1 aliphatic rings. The average Bonchev–Trinajstić information content (AvgIpc) is 2.86. The highest BCUT2D eigenvalue weighted by Gasteiger charge is 2.19. The summed E-state index contributed by atoms with van der Waals surface area (Å²) < 4.78 is 21.3. The average molecular weight is 457 g/mol. The molecule has 0 atom stereocenters. The van der Waals surface area contributed by atoms with Crippen molar-refractivity contribution < 1.29 is 28.5 Å². The fourth-order valence-corrected chi connectivity index (χ4v) is 3.73. The van der Waals surface area contributed by atoms with Crippen molar-refractivity contribution in [2.75, 3.05) is 59.5 Å². The second kappa shape index (κ2) is 12.2. The van der Waals surface area contributed by atoms with E-state index in [1.54, 1.807) is 43.5 Å². The standard InChI is InChI=1S/C25H32N2O6/c1-30-19-9-7-18(8-10-19)25(29)26-21-17-24(32-3)23(31-2)16-20(21)22(28)6-4-5-11-27-12-14-33-15-13-27/h7-10,16-17H,4-6,11-15H2,1-3H3,(H,26,29). The molecule has 0 aliphatic carbocycles. The van der Waals surface area contributed by atoms with Crippen molar-refractivity contribution in [2.24, 2.45) is 0 Å². The van der Waals surface area contributed by atoms with Gasteiger partial charge < -0.3 is 24.3 Å². The maximum Gasteiger partial charge on any atom is 0.255 e. The van der Waals surface area contributed by atoms with Crippen molar-refractivity contribution in [1.82, 2.24) is 4.90 Å². The maximum absolute atomic E-state index is 13.1. The van der Waals surface area contributed by atoms with Gasteiger partial charge in [-0.15, -0.1) is 0 Å². The zero-order chi connectivity index (χ0) is 23.6. The Hall–Kier alpha value is -3.10. The van der Waals surface area contributed by atoms with Crippen LogP contribution in [0.4, 0.5) is 5.69 Å². The first-order valence-electron chi connectivity index (χ1n) is 11.1. The highest BCUT2D eigenvalue weighted by atomic mass is 16.5. The van der Waals surface area contributed by atoms with Crippen molar-refractivity contribution >= 4 is 17.4 Å². The van der Waals surface area contributed by atoms with Gasteiger partial charge in [0.2, 0.25) is 0 Å². The quantitative estimate of drug-likeness (QED) is 0.408. The number of ketones is 1. The highest BCUT2D eigenvalue weighted by molar-refractivity contribution is 6.10. The predicted octanol–water partition coefficient (Wildman–Crippen LogP) is 3.65. The lowest BCUT2D eigenvalue weighted by Crippen LogP contribution is -2.36. The van der Waals surface area contributed by atoms with Crippen molar-refractivity contribution in [1.29, 1.82) is 0 Å². The van der Waals surface area contributed by atoms with E-state index in [0.29, 0.717) is 40.5 Å². The molecule has 2 aromatic rings. The van der Waals surface area contributed by atoms with E-state index in [9.17, 15) is 9.59 Å². The first-order chi connectivity index (χ1) is 16.0. The second-order valence-electron chi connectivity index (χ2n) is 7.77. The predicted molar refractivity (Wildman–Crippen MR) is 126 cm³/mol. The highest BCUT2D eigenvalue weighted by Crippen LogP contribution is 2.34. The van der Waals surface area contributed by atoms with Gasteiger partial charge in [-0.1, -0.05) is 0 Å². The molecule has 0 unspecified atom stereocenters. The number of carbonyl (C=O) groups excluding carboxylic acids is 2. The number of amides is 1. The molecule has 0 radical (unpaired) electrons. The van der Waals surface area contributed by atoms with Gasteiger partial charge in [-0.2, -0.15) is 0 Å². The second-order valence-corrected chi connectivity index (χ2v) is 7.77. The number of benzene rings is 2. The van der Waals surface area contributed by atoms with E-state index in [4.69, 9.17) is 18.9 Å². The number of unbranched alkanes of at least 4 members (excludes halogenated alkanes) is 1. The minimum atomic E-state index is -0.328. The molecule has 3 rings (SSSR count). The van der Waals surface area contributed by atoms with Crippen LogP contribution < -0.4 is 19.5 Å². The Labute approximate surface area is 194 Å². The van der Waals surface area contributed by atoms with Gasteiger partial charge in [0.25, 0.3) is 5.91 Å². The molecule has 1 fully saturated rings. The summed E-state index contributed by atoms with van der Waals surface area (Å²) in [6.07, 6.45) is 2.06. The lowest BCUT2D eigenvalue weighted by atomic mass is 10.0. The van der Waals surface area contributed by atoms with Crippen LogP contribution in [-0.4, -0.2) is 70.8 Å². The summed E-state index contributed by atoms with van der Waals surface area (Å²) in [5, 5.41) is 2.86. The molecule has 0 saturated carbocycles. The van der Waals surface area contributed by atoms with Gasteiger partial charge >= 0.3 is 0 Å². The van der Waals surface area contributed by atoms with Gasteiger partial charge in [0, 0.05) is 36.7 Å². The molecule has 8 heteroatoms. The Morgan fingerprint density at radius 1 is 0.939 bits per heavy atom. The van der Waals surface area contributed by atoms with Crippen molar-refractivity contribution in [3.63, 3.8) is 0 Å². The van der Waals surface area contributed by atoms with E-state index in [0.717, 1.165) is 45.7 Å². The number of methoxy groups -OCH3 is 3. The number of nitrogens with zero attached hydrogens (tertiary/aromatic N) is 1. The summed E-state index contributed by atoms with van der Waals surface area (Å²) in [5.41, 5.74) is 1.25. The maximum atomic E-state index is 13.1. The lowest BCUT2D eigenvalue weighted by Gasteiger charge is -2.26. The van der Waals surface area contributed by atoms with Gasteiger partial charge in [0.15, 0.2) is 17.3 Å². The largest absolute Gasteiger partial charge is 0.497 e. The number of carbonyl (C=O) groups is 2. The van der Waals surface area contributed by atoms with Gasteiger partial charge in [-0.25, -0.2) is 0 Å². The Bertz CT molecular complexity index is 939. The van der Waals surface area contributed by atoms with Crippen LogP contribution in [0.2, 0.25) is 0 Å². The number of rotatable bonds is 11. The molecule has 1 N–H and O–H groups in total. The van der Waals surface area contributed by atoms with Crippen LogP contribution in [0, 0.1) is 0 Å². The number of morpholine rings is 1. The molecule has 0 spiro atoms. The minimum absolute atomic E-state index is 0.0528. The molecule has 0 bridgehead atoms. The number of ether oxygens (including phenoxy) is 4. The van der Waals surface area contributed by atoms with Crippen molar-refractivity contribution in [3.05, 3.63) is 47.5 Å². The molecular weight excluding hydrogens is 424 g/mol. The van der Waals surface area contributed by atoms with Gasteiger partial charge in [-0.05, 0) is 49.7 Å². The van der Waals surface area contributed by atoms with Crippen LogP contribution in [0.3, 0.4) is 0 Å². The summed E-state index contributed by atoms with van der Waals surface area (Å²) in [4.78, 5) is 28.3. The van der Waals surface area contributed by atoms with E-state index >= 15 is 0 Å². The Morgan fingerprint density at radius 2 is 1.61 bits per heavy atom. The molecular formula is C25H32N2O6. The summed E-state index contributed by atoms with van der Waals surface area (Å²) >= 11 is 0. The first kappa shape index (κ1) is 24.5. The Morgan fingerprint density at radius 3 is 2.24 bits per heavy atom. The van der Waals surface area contributed by atoms with E-state index < -0.39 is 0 Å². The third kappa shape index (κ3) is 6.69. The van der Waals surface area contributed by atoms with Crippen LogP contribution in [0.25, 0.3) is 0 Å². The Kier molecular flexibility index (Phi) is 9.09. The van der Waals surface area contributed by atoms with Crippen molar-refractivity contribution in [3.8, 4) is 17.2 Å². The van der Waals surface area contributed by atoms with E-state index in [1.165, 1.54) is 14.2 Å². The third-order valence-electron chi connectivity index (χ3n) is 5.66. The number of Topliss-reactive ketones (excluding diaryl/α,β-unsaturated/α-hetero) is 1. The summed E-state index contributed by atoms with van der Waals surface area (Å²) in [7, 11) is 4.60. The van der Waals surface area contributed by atoms with Crippen molar-refractivity contribution in [2.45, 2.75) is 19.3 Å². The number of anilines is 1. The zero-order valence-electron chi connectivity index (χ0n) is 19.5. The zero-order valence-corrected chi connectivity index (χ0v) is 19.5. The molecule has 1 heterocycles. The fraction of sp³-hybridized carbons (Fsp3) is 0.440. The van der Waals surface area contributed by atoms with Gasteiger partial charge in [0.05, 0.1) is 40.2 Å². The molecule has 1 saturated heterocycles. The summed E-state index contributed by atoms with van der Waals surface area (Å²) in [5.74, 6) is 1.16. The summed E-state index contributed by atoms with van der Waals surface area (Å²) in [6, 6.07) is 10.0. The van der Waals surface area contributed by atoms with E-state index in [-0.39, 0.29) is 11.7 Å². The number of hydrogen-bond acceptors (Lipinski definition) is 7. The number of nitrogens with one attached hydrogen (secondary N) is 1. The van der Waals surface area contributed by atoms with E-state index in [1.807, 2.05) is 0 Å². The molecule has 1 aliphatic heterocycles. The van der Waals surface area contributed by atoms with Crippen LogP contribution in [0.1, 0.15) is 40.0 Å². The lowest BCUT2D eigenvalue weighted by molar-refractivity contribution is 0.0371. The fourth-order valence-electron chi connectivity index (χ4n) is 3.73. The van der Waals surface area contributed by atoms with Gasteiger partial charge in [-0.3, -0.25) is 14.5 Å². The molecule has 1 amide bonds. The number of hydrogen-bond donors (Lipinski definition) is 1. The minimum Gasteiger partial charge on any atom is -0.497 e. The smallest absolute Gasteiger partial charge is 0.255 e. The van der Waals surface area contributed by atoms with Crippen LogP contribution >= 0.6 is 0 Å². The topological polar surface area (TPSA) is 86.3 Å². The molecule has 8 nitrogen and oxygen atoms in total. The molecule has 178 valence electrons. The van der Waals surface area contributed by atoms with Crippen LogP contribution in [0.5, 0.6) is 17.2 Å². The first-order valence-corrected chi connectivity index (χ1v) is 11.1. The Balaban J connectivity index is 1.71. The molecule has 33 heavy (non-hydrogen) atoms.